The molecule has 6 heteroatoms. The number of hydrogen-bond donors (Lipinski definition) is 2. The zero-order valence-electron chi connectivity index (χ0n) is 7.89. The summed E-state index contributed by atoms with van der Waals surface area (Å²) in [4.78, 5) is 29.2. The molecule has 0 saturated carbocycles. The van der Waals surface area contributed by atoms with Crippen LogP contribution in [0.25, 0.3) is 0 Å². The normalized spacial score (nSPS) is 12.1. The lowest BCUT2D eigenvalue weighted by Gasteiger charge is -2.21. The molecular formula is C8H11N3O3. The molecule has 1 heterocycles. The Morgan fingerprint density at radius 3 is 2.86 bits per heavy atom. The number of aliphatic carboxylic acids is 1. The molecule has 0 aliphatic rings. The van der Waals surface area contributed by atoms with Gasteiger partial charge in [-0.3, -0.25) is 4.79 Å². The summed E-state index contributed by atoms with van der Waals surface area (Å²) in [7, 11) is 1.57. The second-order valence-corrected chi connectivity index (χ2v) is 2.89. The number of nitrogens with zero attached hydrogens (tertiary/aromatic N) is 2. The average Bonchev–Trinajstić information content (AvgIpc) is 2.15. The van der Waals surface area contributed by atoms with Crippen LogP contribution in [0.15, 0.2) is 17.2 Å². The number of carboxylic acid groups (broad SMARTS) is 1. The maximum Gasteiger partial charge on any atom is 0.326 e. The van der Waals surface area contributed by atoms with Gasteiger partial charge in [0, 0.05) is 13.1 Å². The van der Waals surface area contributed by atoms with E-state index in [1.165, 1.54) is 24.2 Å². The molecule has 1 rings (SSSR count). The fraction of sp³-hybridized carbons (Fsp3) is 0.375. The highest BCUT2D eigenvalue weighted by atomic mass is 16.4. The Labute approximate surface area is 80.2 Å². The molecule has 14 heavy (non-hydrogen) atoms. The number of likely N-dealkylation sites (N-methyl/N-ethyl adjacent to an activating group) is 1. The van der Waals surface area contributed by atoms with Gasteiger partial charge in [-0.1, -0.05) is 0 Å². The predicted octanol–water partition coefficient (Wildman–Crippen LogP) is -0.321. The lowest BCUT2D eigenvalue weighted by atomic mass is 10.3. The van der Waals surface area contributed by atoms with Crippen molar-refractivity contribution in [3.8, 4) is 0 Å². The van der Waals surface area contributed by atoms with E-state index in [2.05, 4.69) is 9.97 Å². The van der Waals surface area contributed by atoms with Gasteiger partial charge in [0.1, 0.15) is 11.9 Å². The smallest absolute Gasteiger partial charge is 0.326 e. The number of rotatable bonds is 3. The third kappa shape index (κ3) is 2.09. The molecule has 1 unspecified atom stereocenters. The molecule has 0 bridgehead atoms. The summed E-state index contributed by atoms with van der Waals surface area (Å²) in [5.74, 6) is -0.627. The first-order valence-corrected chi connectivity index (χ1v) is 4.02. The van der Waals surface area contributed by atoms with Crippen LogP contribution in [0.5, 0.6) is 0 Å². The molecule has 0 fully saturated rings. The molecule has 0 aliphatic heterocycles. The van der Waals surface area contributed by atoms with E-state index in [9.17, 15) is 9.59 Å². The van der Waals surface area contributed by atoms with Gasteiger partial charge >= 0.3 is 5.97 Å². The topological polar surface area (TPSA) is 86.3 Å². The number of H-pyrrole nitrogens is 1. The number of carbonyl (C=O) groups is 1. The van der Waals surface area contributed by atoms with Crippen molar-refractivity contribution in [2.75, 3.05) is 11.9 Å². The van der Waals surface area contributed by atoms with E-state index in [-0.39, 0.29) is 5.56 Å². The van der Waals surface area contributed by atoms with Crippen molar-refractivity contribution in [3.05, 3.63) is 22.7 Å². The second kappa shape index (κ2) is 3.91. The molecule has 0 spiro atoms. The lowest BCUT2D eigenvalue weighted by Crippen LogP contribution is -2.36. The minimum Gasteiger partial charge on any atom is -0.480 e. The first-order chi connectivity index (χ1) is 6.52. The van der Waals surface area contributed by atoms with Crippen LogP contribution in [0.3, 0.4) is 0 Å². The molecule has 0 amide bonds. The van der Waals surface area contributed by atoms with Crippen LogP contribution in [0.1, 0.15) is 6.92 Å². The van der Waals surface area contributed by atoms with Crippen LogP contribution in [-0.4, -0.2) is 34.1 Å². The second-order valence-electron chi connectivity index (χ2n) is 2.89. The van der Waals surface area contributed by atoms with E-state index in [4.69, 9.17) is 5.11 Å². The average molecular weight is 197 g/mol. The molecule has 6 nitrogen and oxygen atoms in total. The molecule has 76 valence electrons. The van der Waals surface area contributed by atoms with Crippen LogP contribution >= 0.6 is 0 Å². The third-order valence-electron chi connectivity index (χ3n) is 1.96. The number of anilines is 1. The third-order valence-corrected chi connectivity index (χ3v) is 1.96. The van der Waals surface area contributed by atoms with Gasteiger partial charge in [-0.15, -0.1) is 0 Å². The van der Waals surface area contributed by atoms with Gasteiger partial charge < -0.3 is 15.0 Å². The minimum atomic E-state index is -0.963. The Morgan fingerprint density at radius 2 is 2.36 bits per heavy atom. The number of aromatic nitrogens is 2. The first kappa shape index (κ1) is 10.2. The quantitative estimate of drug-likeness (QED) is 0.693. The van der Waals surface area contributed by atoms with Crippen LogP contribution < -0.4 is 10.5 Å². The standard InChI is InChI=1S/C8H11N3O3/c1-5(8(13)14)11(2)6-3-7(12)10-4-9-6/h3-5H,1-2H3,(H,13,14)(H,9,10,12). The van der Waals surface area contributed by atoms with Gasteiger partial charge in [0.2, 0.25) is 0 Å². The highest BCUT2D eigenvalue weighted by Crippen LogP contribution is 2.07. The predicted molar refractivity (Wildman–Crippen MR) is 50.4 cm³/mol. The maximum atomic E-state index is 10.9. The summed E-state index contributed by atoms with van der Waals surface area (Å²) in [5.41, 5.74) is -0.306. The van der Waals surface area contributed by atoms with Crippen LogP contribution in [-0.2, 0) is 4.79 Å². The van der Waals surface area contributed by atoms with E-state index >= 15 is 0 Å². The number of hydrogen-bond acceptors (Lipinski definition) is 4. The molecule has 2 N–H and O–H groups in total. The molecule has 1 aromatic rings. The van der Waals surface area contributed by atoms with E-state index in [1.807, 2.05) is 0 Å². The fourth-order valence-corrected chi connectivity index (χ4v) is 0.915. The van der Waals surface area contributed by atoms with Crippen LogP contribution in [0.2, 0.25) is 0 Å². The minimum absolute atomic E-state index is 0.306. The fourth-order valence-electron chi connectivity index (χ4n) is 0.915. The Balaban J connectivity index is 2.94. The first-order valence-electron chi connectivity index (χ1n) is 4.02. The molecule has 0 saturated heterocycles. The van der Waals surface area contributed by atoms with Crippen LogP contribution in [0.4, 0.5) is 5.82 Å². The van der Waals surface area contributed by atoms with Crippen molar-refractivity contribution in [2.45, 2.75) is 13.0 Å². The molecule has 0 aromatic carbocycles. The van der Waals surface area contributed by atoms with Gasteiger partial charge in [-0.05, 0) is 6.92 Å². The van der Waals surface area contributed by atoms with Gasteiger partial charge in [0.25, 0.3) is 5.56 Å². The van der Waals surface area contributed by atoms with Gasteiger partial charge in [0.15, 0.2) is 0 Å². The Hall–Kier alpha value is -1.85. The van der Waals surface area contributed by atoms with Crippen molar-refractivity contribution in [1.82, 2.24) is 9.97 Å². The SMILES string of the molecule is CC(C(=O)O)N(C)c1cc(=O)[nH]cn1. The van der Waals surface area contributed by atoms with Crippen molar-refractivity contribution >= 4 is 11.8 Å². The monoisotopic (exact) mass is 197 g/mol. The molecule has 1 aromatic heterocycles. The van der Waals surface area contributed by atoms with E-state index in [0.29, 0.717) is 5.82 Å². The summed E-state index contributed by atoms with van der Waals surface area (Å²) in [5, 5.41) is 8.73. The summed E-state index contributed by atoms with van der Waals surface area (Å²) in [6, 6.07) is 0.531. The zero-order chi connectivity index (χ0) is 10.7. The van der Waals surface area contributed by atoms with E-state index < -0.39 is 12.0 Å². The van der Waals surface area contributed by atoms with Gasteiger partial charge in [-0.2, -0.15) is 0 Å². The van der Waals surface area contributed by atoms with Crippen molar-refractivity contribution in [2.24, 2.45) is 0 Å². The summed E-state index contributed by atoms with van der Waals surface area (Å²) < 4.78 is 0. The Morgan fingerprint density at radius 1 is 1.71 bits per heavy atom. The van der Waals surface area contributed by atoms with Crippen molar-refractivity contribution in [3.63, 3.8) is 0 Å². The zero-order valence-corrected chi connectivity index (χ0v) is 7.89. The van der Waals surface area contributed by atoms with E-state index in [1.54, 1.807) is 7.05 Å². The van der Waals surface area contributed by atoms with Crippen molar-refractivity contribution < 1.29 is 9.90 Å². The van der Waals surface area contributed by atoms with Crippen molar-refractivity contribution in [1.29, 1.82) is 0 Å². The number of aromatic amines is 1. The largest absolute Gasteiger partial charge is 0.480 e. The highest BCUT2D eigenvalue weighted by molar-refractivity contribution is 5.76. The molecule has 1 atom stereocenters. The van der Waals surface area contributed by atoms with Crippen LogP contribution in [0, 0.1) is 0 Å². The lowest BCUT2D eigenvalue weighted by molar-refractivity contribution is -0.138. The molecule has 0 radical (unpaired) electrons. The Kier molecular flexibility index (Phi) is 2.85. The summed E-state index contributed by atoms with van der Waals surface area (Å²) >= 11 is 0. The molecule has 0 aliphatic carbocycles. The summed E-state index contributed by atoms with van der Waals surface area (Å²) in [6.07, 6.45) is 1.24. The number of carboxylic acids is 1. The van der Waals surface area contributed by atoms with E-state index in [0.717, 1.165) is 0 Å². The van der Waals surface area contributed by atoms with Gasteiger partial charge in [-0.25, -0.2) is 9.78 Å². The molecular weight excluding hydrogens is 186 g/mol. The number of nitrogens with one attached hydrogen (secondary N) is 1. The van der Waals surface area contributed by atoms with Gasteiger partial charge in [0.05, 0.1) is 6.33 Å². The maximum absolute atomic E-state index is 10.9. The Bertz CT molecular complexity index is 387. The summed E-state index contributed by atoms with van der Waals surface area (Å²) in [6.45, 7) is 1.52. The highest BCUT2D eigenvalue weighted by Gasteiger charge is 2.17.